The highest BCUT2D eigenvalue weighted by atomic mass is 32.1. The van der Waals surface area contributed by atoms with Gasteiger partial charge in [-0.2, -0.15) is 0 Å². The Hall–Kier alpha value is -12.4. The molecule has 21 rings (SSSR count). The van der Waals surface area contributed by atoms with Crippen molar-refractivity contribution >= 4 is 153 Å². The van der Waals surface area contributed by atoms with Gasteiger partial charge in [0.15, 0.2) is 5.58 Å². The third kappa shape index (κ3) is 7.59. The van der Waals surface area contributed by atoms with Crippen molar-refractivity contribution < 1.29 is 4.42 Å². The second kappa shape index (κ2) is 19.6. The Labute approximate surface area is 539 Å². The first kappa shape index (κ1) is 51.4. The minimum atomic E-state index is -0.105. The van der Waals surface area contributed by atoms with Crippen molar-refractivity contribution in [2.45, 2.75) is 6.04 Å². The van der Waals surface area contributed by atoms with Crippen LogP contribution in [-0.2, 0) is 0 Å². The number of imidazole rings is 2. The van der Waals surface area contributed by atoms with E-state index in [1.165, 1.54) is 14.8 Å². The van der Waals surface area contributed by atoms with Gasteiger partial charge in [0, 0.05) is 75.4 Å². The second-order valence-electron chi connectivity index (χ2n) is 24.7. The van der Waals surface area contributed by atoms with Crippen LogP contribution < -0.4 is 5.32 Å². The number of rotatable bonds is 6. The van der Waals surface area contributed by atoms with Crippen LogP contribution in [0.4, 0.5) is 5.69 Å². The van der Waals surface area contributed by atoms with Crippen molar-refractivity contribution in [3.05, 3.63) is 284 Å². The van der Waals surface area contributed by atoms with E-state index >= 15 is 0 Å². The smallest absolute Gasteiger partial charge is 0.160 e. The molecule has 9 aromatic heterocycles. The lowest BCUT2D eigenvalue weighted by atomic mass is 9.94. The van der Waals surface area contributed by atoms with Crippen LogP contribution in [0.5, 0.6) is 0 Å². The molecule has 1 aliphatic heterocycles. The predicted octanol–water partition coefficient (Wildman–Crippen LogP) is 22.0. The minimum absolute atomic E-state index is 0.105. The number of nitrogens with one attached hydrogen (secondary N) is 1. The zero-order valence-electron chi connectivity index (χ0n) is 50.1. The van der Waals surface area contributed by atoms with Gasteiger partial charge in [-0.3, -0.25) is 8.80 Å². The molecule has 1 unspecified atom stereocenters. The number of hydrogen-bond donors (Lipinski definition) is 1. The minimum Gasteiger partial charge on any atom is -0.454 e. The Bertz CT molecular complexity index is 6720. The first-order valence-electron chi connectivity index (χ1n) is 31.7. The molecule has 1 aliphatic rings. The van der Waals surface area contributed by atoms with Crippen LogP contribution in [0.3, 0.4) is 0 Å². The quantitative estimate of drug-likeness (QED) is 0.166. The molecule has 0 saturated carbocycles. The maximum absolute atomic E-state index is 6.75. The highest BCUT2D eigenvalue weighted by molar-refractivity contribution is 7.27. The third-order valence-electron chi connectivity index (χ3n) is 19.4. The van der Waals surface area contributed by atoms with E-state index in [0.29, 0.717) is 0 Å². The van der Waals surface area contributed by atoms with E-state index in [1.807, 2.05) is 23.5 Å². The van der Waals surface area contributed by atoms with Crippen molar-refractivity contribution in [1.29, 1.82) is 0 Å². The van der Waals surface area contributed by atoms with Gasteiger partial charge in [0.2, 0.25) is 0 Å². The molecule has 0 bridgehead atoms. The van der Waals surface area contributed by atoms with Gasteiger partial charge in [-0.15, -0.1) is 11.3 Å². The van der Waals surface area contributed by atoms with E-state index in [4.69, 9.17) is 29.3 Å². The lowest BCUT2D eigenvalue weighted by molar-refractivity contribution is 0.672. The molecule has 1 atom stereocenters. The van der Waals surface area contributed by atoms with Crippen molar-refractivity contribution in [3.8, 4) is 56.0 Å². The van der Waals surface area contributed by atoms with E-state index in [9.17, 15) is 0 Å². The molecule has 0 saturated heterocycles. The lowest BCUT2D eigenvalue weighted by Crippen LogP contribution is -2.13. The van der Waals surface area contributed by atoms with E-state index in [-0.39, 0.29) is 6.04 Å². The van der Waals surface area contributed by atoms with Crippen LogP contribution in [0.25, 0.3) is 192 Å². The van der Waals surface area contributed by atoms with Gasteiger partial charge in [-0.25, -0.2) is 24.9 Å². The first-order chi connectivity index (χ1) is 46.5. The van der Waals surface area contributed by atoms with E-state index in [1.54, 1.807) is 0 Å². The fourth-order valence-electron chi connectivity index (χ4n) is 14.9. The molecule has 94 heavy (non-hydrogen) atoms. The summed E-state index contributed by atoms with van der Waals surface area (Å²) in [6, 6.07) is 95.0. The second-order valence-corrected chi connectivity index (χ2v) is 25.8. The van der Waals surface area contributed by atoms with Crippen molar-refractivity contribution in [3.63, 3.8) is 0 Å². The molecule has 0 fully saturated rings. The monoisotopic (exact) mass is 1220 g/mol. The van der Waals surface area contributed by atoms with Gasteiger partial charge in [0.25, 0.3) is 0 Å². The average molecular weight is 1220 g/mol. The average Bonchev–Trinajstić information content (AvgIpc) is 1.55. The molecule has 11 aromatic carbocycles. The number of nitrogens with zero attached hydrogens (tertiary/aromatic N) is 7. The van der Waals surface area contributed by atoms with Crippen LogP contribution in [0.2, 0.25) is 0 Å². The van der Waals surface area contributed by atoms with Gasteiger partial charge >= 0.3 is 0 Å². The molecule has 0 radical (unpaired) electrons. The maximum Gasteiger partial charge on any atom is 0.160 e. The molecule has 10 heterocycles. The molecule has 10 heteroatoms. The zero-order valence-corrected chi connectivity index (χ0v) is 50.9. The van der Waals surface area contributed by atoms with Crippen LogP contribution in [-0.4, -0.2) is 33.7 Å². The number of hydrogen-bond acceptors (Lipinski definition) is 8. The Balaban J connectivity index is 0.662. The summed E-state index contributed by atoms with van der Waals surface area (Å²) in [5.74, 6) is 0. The van der Waals surface area contributed by atoms with Gasteiger partial charge in [-0.1, -0.05) is 206 Å². The van der Waals surface area contributed by atoms with Crippen LogP contribution in [0.15, 0.2) is 277 Å². The largest absolute Gasteiger partial charge is 0.454 e. The summed E-state index contributed by atoms with van der Waals surface area (Å²) in [5.41, 5.74) is 26.0. The zero-order chi connectivity index (χ0) is 61.3. The highest BCUT2D eigenvalue weighted by Crippen LogP contribution is 2.48. The fourth-order valence-corrected chi connectivity index (χ4v) is 16.3. The molecule has 0 aliphatic carbocycles. The number of benzene rings is 11. The maximum atomic E-state index is 6.75. The van der Waals surface area contributed by atoms with Crippen LogP contribution in [0, 0.1) is 0 Å². The molecule has 0 amide bonds. The van der Waals surface area contributed by atoms with E-state index < -0.39 is 0 Å². The Kier molecular flexibility index (Phi) is 10.7. The van der Waals surface area contributed by atoms with Crippen molar-refractivity contribution in [2.24, 2.45) is 0 Å². The summed E-state index contributed by atoms with van der Waals surface area (Å²) >= 11 is 1.86. The highest BCUT2D eigenvalue weighted by Gasteiger charge is 2.25. The Morgan fingerprint density at radius 3 is 1.67 bits per heavy atom. The SMILES string of the molecule is C1=CC(c2ccc(-c3cc(-c4ccc5ccc6ccc(-c7ccccc7)nc6c5n4)cc4c3sc3c5ccccc5c5nc6ccccc6n5c43)cc2)Nc2c1ccc1ccc(-c3cccc(-c4ccc5oc6c7ccccc7c7nc8ccccc8n7c6c5c4)c3)nc21. The number of thiophene rings is 1. The topological polar surface area (TPSA) is 98.4 Å². The summed E-state index contributed by atoms with van der Waals surface area (Å²) in [7, 11) is 0. The number of furan rings is 1. The molecule has 9 nitrogen and oxygen atoms in total. The summed E-state index contributed by atoms with van der Waals surface area (Å²) in [6.07, 6.45) is 4.51. The summed E-state index contributed by atoms with van der Waals surface area (Å²) in [5, 5.41) is 13.8. The third-order valence-corrected chi connectivity index (χ3v) is 20.7. The first-order valence-corrected chi connectivity index (χ1v) is 32.6. The number of fused-ring (bicyclic) bond motifs is 26. The van der Waals surface area contributed by atoms with Crippen molar-refractivity contribution in [1.82, 2.24) is 33.7 Å². The molecular formula is C84H48N8OS. The summed E-state index contributed by atoms with van der Waals surface area (Å²) in [4.78, 5) is 26.8. The Morgan fingerprint density at radius 1 is 0.372 bits per heavy atom. The molecule has 0 spiro atoms. The standard InChI is InChI=1S/C84H48N8OS/c1-2-13-48(14-3-1)65-38-33-50-30-32-53-36-41-68(88-77(53)75(50)85-65)57-45-62(81-64(46-57)79-82(94-81)59-18-5-7-20-61(59)84-90-70-22-9-11-24-72(70)92(79)84)47-25-27-49(28-26-47)66-39-34-51-29-31-52-35-40-67(87-76(52)74(51)86-66)56-16-12-15-54(43-56)55-37-42-73-63(44-55)78-80(93-73)58-17-4-6-19-60(58)83-89-69-21-8-10-23-71(69)91(78)83/h1-46,66,86H. The van der Waals surface area contributed by atoms with Gasteiger partial charge in [-0.05, 0) is 101 Å². The van der Waals surface area contributed by atoms with Gasteiger partial charge in [0.1, 0.15) is 22.4 Å². The Morgan fingerprint density at radius 2 is 0.926 bits per heavy atom. The van der Waals surface area contributed by atoms with Crippen LogP contribution in [0.1, 0.15) is 17.2 Å². The van der Waals surface area contributed by atoms with Gasteiger partial charge < -0.3 is 9.73 Å². The summed E-state index contributed by atoms with van der Waals surface area (Å²) in [6.45, 7) is 0. The van der Waals surface area contributed by atoms with E-state index in [0.717, 1.165) is 188 Å². The van der Waals surface area contributed by atoms with Crippen LogP contribution >= 0.6 is 11.3 Å². The number of aromatic nitrogens is 7. The molecule has 436 valence electrons. The normalized spacial score (nSPS) is 13.5. The number of pyridine rings is 5. The molecular weight excluding hydrogens is 1170 g/mol. The fraction of sp³-hybridized carbons (Fsp3) is 0.0119. The lowest BCUT2D eigenvalue weighted by Gasteiger charge is -2.24. The summed E-state index contributed by atoms with van der Waals surface area (Å²) < 4.78 is 13.8. The van der Waals surface area contributed by atoms with E-state index in [2.05, 4.69) is 281 Å². The molecule has 20 aromatic rings. The molecule has 1 N–H and O–H groups in total. The number of anilines is 1. The number of para-hydroxylation sites is 4. The predicted molar refractivity (Wildman–Crippen MR) is 389 cm³/mol. The van der Waals surface area contributed by atoms with Crippen molar-refractivity contribution in [2.75, 3.05) is 5.32 Å². The van der Waals surface area contributed by atoms with Gasteiger partial charge in [0.05, 0.1) is 77.6 Å².